The first-order valence-electron chi connectivity index (χ1n) is 10.3. The van der Waals surface area contributed by atoms with Crippen LogP contribution in [0.25, 0.3) is 10.9 Å². The summed E-state index contributed by atoms with van der Waals surface area (Å²) < 4.78 is 5.94. The molecule has 1 saturated heterocycles. The standard InChI is InChI=1S/C23H25N5O3/c1-14(2)26-22(29)17-12-19(27-18-8-4-3-6-15(17)18)20-13-28(10-11-31-20)23(30)16-7-5-9-25-21(16)24/h3-9,12,14,20H,10-11,13H2,1-2H3,(H2,24,25)(H,26,29)/t20-/m1/s1. The summed E-state index contributed by atoms with van der Waals surface area (Å²) in [5.74, 6) is -0.161. The Labute approximate surface area is 180 Å². The largest absolute Gasteiger partial charge is 0.383 e. The molecule has 0 spiro atoms. The molecule has 0 saturated carbocycles. The number of carbonyl (C=O) groups excluding carboxylic acids is 2. The SMILES string of the molecule is CC(C)NC(=O)c1cc([C@H]2CN(C(=O)c3cccnc3N)CCO2)nc2ccccc12. The number of hydrogen-bond acceptors (Lipinski definition) is 6. The minimum Gasteiger partial charge on any atom is -0.383 e. The second-order valence-electron chi connectivity index (χ2n) is 7.79. The van der Waals surface area contributed by atoms with Crippen molar-refractivity contribution in [2.75, 3.05) is 25.4 Å². The first-order valence-corrected chi connectivity index (χ1v) is 10.3. The molecule has 1 aliphatic rings. The molecule has 160 valence electrons. The van der Waals surface area contributed by atoms with Crippen LogP contribution in [0.3, 0.4) is 0 Å². The molecule has 3 N–H and O–H groups in total. The summed E-state index contributed by atoms with van der Waals surface area (Å²) >= 11 is 0. The third kappa shape index (κ3) is 4.34. The number of nitrogen functional groups attached to an aromatic ring is 1. The van der Waals surface area contributed by atoms with Crippen molar-refractivity contribution in [3.05, 3.63) is 65.5 Å². The Kier molecular flexibility index (Phi) is 5.81. The zero-order valence-corrected chi connectivity index (χ0v) is 17.5. The van der Waals surface area contributed by atoms with Crippen molar-refractivity contribution in [3.8, 4) is 0 Å². The number of anilines is 1. The average Bonchev–Trinajstić information content (AvgIpc) is 2.78. The maximum absolute atomic E-state index is 13.0. The predicted molar refractivity (Wildman–Crippen MR) is 118 cm³/mol. The second-order valence-corrected chi connectivity index (χ2v) is 7.79. The smallest absolute Gasteiger partial charge is 0.257 e. The van der Waals surface area contributed by atoms with Crippen LogP contribution in [0.4, 0.5) is 5.82 Å². The first-order chi connectivity index (χ1) is 14.9. The van der Waals surface area contributed by atoms with Crippen LogP contribution in [-0.4, -0.2) is 52.4 Å². The summed E-state index contributed by atoms with van der Waals surface area (Å²) in [4.78, 5) is 36.2. The van der Waals surface area contributed by atoms with E-state index in [9.17, 15) is 9.59 Å². The molecule has 2 amide bonds. The van der Waals surface area contributed by atoms with Gasteiger partial charge in [-0.3, -0.25) is 9.59 Å². The predicted octanol–water partition coefficient (Wildman–Crippen LogP) is 2.56. The van der Waals surface area contributed by atoms with Crippen molar-refractivity contribution >= 4 is 28.5 Å². The third-order valence-electron chi connectivity index (χ3n) is 5.15. The van der Waals surface area contributed by atoms with Gasteiger partial charge in [0.2, 0.25) is 0 Å². The molecule has 0 unspecified atom stereocenters. The van der Waals surface area contributed by atoms with Crippen LogP contribution in [0.5, 0.6) is 0 Å². The molecule has 0 radical (unpaired) electrons. The molecule has 0 bridgehead atoms. The van der Waals surface area contributed by atoms with Gasteiger partial charge >= 0.3 is 0 Å². The molecule has 2 aromatic heterocycles. The van der Waals surface area contributed by atoms with Crippen molar-refractivity contribution in [2.24, 2.45) is 0 Å². The molecule has 1 fully saturated rings. The average molecular weight is 419 g/mol. The van der Waals surface area contributed by atoms with Gasteiger partial charge in [-0.2, -0.15) is 0 Å². The van der Waals surface area contributed by atoms with Crippen LogP contribution in [0, 0.1) is 0 Å². The number of hydrogen-bond donors (Lipinski definition) is 2. The Hall–Kier alpha value is -3.52. The van der Waals surface area contributed by atoms with E-state index in [-0.39, 0.29) is 23.7 Å². The van der Waals surface area contributed by atoms with E-state index in [1.54, 1.807) is 29.3 Å². The van der Waals surface area contributed by atoms with E-state index in [1.165, 1.54) is 0 Å². The van der Waals surface area contributed by atoms with E-state index in [2.05, 4.69) is 10.3 Å². The highest BCUT2D eigenvalue weighted by Crippen LogP contribution is 2.27. The molecule has 3 aromatic rings. The Morgan fingerprint density at radius 1 is 1.19 bits per heavy atom. The lowest BCUT2D eigenvalue weighted by Crippen LogP contribution is -2.42. The fourth-order valence-electron chi connectivity index (χ4n) is 3.67. The van der Waals surface area contributed by atoms with Gasteiger partial charge in [-0.15, -0.1) is 0 Å². The normalized spacial score (nSPS) is 16.5. The summed E-state index contributed by atoms with van der Waals surface area (Å²) in [6, 6.07) is 12.6. The van der Waals surface area contributed by atoms with Gasteiger partial charge in [-0.1, -0.05) is 18.2 Å². The lowest BCUT2D eigenvalue weighted by atomic mass is 10.0. The highest BCUT2D eigenvalue weighted by atomic mass is 16.5. The van der Waals surface area contributed by atoms with Gasteiger partial charge in [0.25, 0.3) is 11.8 Å². The maximum atomic E-state index is 13.0. The van der Waals surface area contributed by atoms with Crippen LogP contribution in [0.2, 0.25) is 0 Å². The van der Waals surface area contributed by atoms with Crippen LogP contribution in [0.15, 0.2) is 48.7 Å². The fraction of sp³-hybridized carbons (Fsp3) is 0.304. The summed E-state index contributed by atoms with van der Waals surface area (Å²) in [6.07, 6.45) is 1.10. The lowest BCUT2D eigenvalue weighted by Gasteiger charge is -2.33. The van der Waals surface area contributed by atoms with Gasteiger partial charge in [0, 0.05) is 24.2 Å². The lowest BCUT2D eigenvalue weighted by molar-refractivity contribution is -0.0246. The molecule has 31 heavy (non-hydrogen) atoms. The molecular weight excluding hydrogens is 394 g/mol. The molecule has 8 heteroatoms. The number of pyridine rings is 2. The number of nitrogens with zero attached hydrogens (tertiary/aromatic N) is 3. The van der Waals surface area contributed by atoms with E-state index < -0.39 is 6.10 Å². The number of rotatable bonds is 4. The zero-order valence-electron chi connectivity index (χ0n) is 17.5. The van der Waals surface area contributed by atoms with E-state index in [0.29, 0.717) is 42.0 Å². The minimum absolute atomic E-state index is 0.00635. The van der Waals surface area contributed by atoms with Gasteiger partial charge < -0.3 is 20.7 Å². The zero-order chi connectivity index (χ0) is 22.0. The number of ether oxygens (including phenoxy) is 1. The minimum atomic E-state index is -0.453. The molecule has 3 heterocycles. The Balaban J connectivity index is 1.66. The van der Waals surface area contributed by atoms with Crippen LogP contribution < -0.4 is 11.1 Å². The topological polar surface area (TPSA) is 110 Å². The number of amides is 2. The van der Waals surface area contributed by atoms with Crippen LogP contribution in [-0.2, 0) is 4.74 Å². The van der Waals surface area contributed by atoms with Gasteiger partial charge in [-0.05, 0) is 38.1 Å². The van der Waals surface area contributed by atoms with Crippen molar-refractivity contribution in [2.45, 2.75) is 26.0 Å². The van der Waals surface area contributed by atoms with Crippen molar-refractivity contribution in [3.63, 3.8) is 0 Å². The number of nitrogens with one attached hydrogen (secondary N) is 1. The third-order valence-corrected chi connectivity index (χ3v) is 5.15. The van der Waals surface area contributed by atoms with E-state index in [1.807, 2.05) is 38.1 Å². The van der Waals surface area contributed by atoms with E-state index in [4.69, 9.17) is 15.5 Å². The van der Waals surface area contributed by atoms with Crippen molar-refractivity contribution < 1.29 is 14.3 Å². The first kappa shape index (κ1) is 20.7. The molecular formula is C23H25N5O3. The Bertz CT molecular complexity index is 1130. The number of carbonyl (C=O) groups is 2. The highest BCUT2D eigenvalue weighted by molar-refractivity contribution is 6.06. The number of aromatic nitrogens is 2. The molecule has 4 rings (SSSR count). The van der Waals surface area contributed by atoms with Crippen LogP contribution >= 0.6 is 0 Å². The Morgan fingerprint density at radius 2 is 2.00 bits per heavy atom. The monoisotopic (exact) mass is 419 g/mol. The number of para-hydroxylation sites is 1. The van der Waals surface area contributed by atoms with Gasteiger partial charge in [0.1, 0.15) is 11.9 Å². The number of nitrogens with two attached hydrogens (primary N) is 1. The van der Waals surface area contributed by atoms with Crippen molar-refractivity contribution in [1.82, 2.24) is 20.2 Å². The quantitative estimate of drug-likeness (QED) is 0.672. The summed E-state index contributed by atoms with van der Waals surface area (Å²) in [5.41, 5.74) is 8.11. The summed E-state index contributed by atoms with van der Waals surface area (Å²) in [7, 11) is 0. The molecule has 1 aromatic carbocycles. The number of benzene rings is 1. The van der Waals surface area contributed by atoms with Crippen molar-refractivity contribution in [1.29, 1.82) is 0 Å². The summed E-state index contributed by atoms with van der Waals surface area (Å²) in [5, 5.41) is 3.72. The van der Waals surface area contributed by atoms with E-state index >= 15 is 0 Å². The highest BCUT2D eigenvalue weighted by Gasteiger charge is 2.29. The molecule has 1 atom stereocenters. The number of fused-ring (bicyclic) bond motifs is 1. The summed E-state index contributed by atoms with van der Waals surface area (Å²) in [6.45, 7) is 4.94. The number of morpholine rings is 1. The van der Waals surface area contributed by atoms with E-state index in [0.717, 1.165) is 5.39 Å². The molecule has 8 nitrogen and oxygen atoms in total. The van der Waals surface area contributed by atoms with Crippen LogP contribution in [0.1, 0.15) is 46.4 Å². The second kappa shape index (κ2) is 8.69. The van der Waals surface area contributed by atoms with Gasteiger partial charge in [0.15, 0.2) is 0 Å². The Morgan fingerprint density at radius 3 is 2.77 bits per heavy atom. The maximum Gasteiger partial charge on any atom is 0.257 e. The fourth-order valence-corrected chi connectivity index (χ4v) is 3.67. The molecule has 0 aliphatic carbocycles. The van der Waals surface area contributed by atoms with Gasteiger partial charge in [0.05, 0.1) is 35.5 Å². The molecule has 1 aliphatic heterocycles. The van der Waals surface area contributed by atoms with Gasteiger partial charge in [-0.25, -0.2) is 9.97 Å².